The van der Waals surface area contributed by atoms with E-state index in [0.29, 0.717) is 19.6 Å². The molecule has 0 aliphatic carbocycles. The van der Waals surface area contributed by atoms with E-state index < -0.39 is 152 Å². The third-order valence-corrected chi connectivity index (χ3v) is 15.9. The Bertz CT molecular complexity index is 2990. The average Bonchev–Trinajstić information content (AvgIpc) is 2.10. The van der Waals surface area contributed by atoms with Crippen molar-refractivity contribution < 1.29 is 88.6 Å². The summed E-state index contributed by atoms with van der Waals surface area (Å²) in [5.41, 5.74) is 3.45. The van der Waals surface area contributed by atoms with Crippen LogP contribution in [0.1, 0.15) is 95.2 Å². The van der Waals surface area contributed by atoms with Crippen molar-refractivity contribution in [3.8, 4) is 33.8 Å². The number of phenolic OH excluding ortho intramolecular Hbond substituents is 1. The molecule has 3 aliphatic heterocycles. The number of unbranched alkanes of at least 4 members (excludes halogenated alkanes) is 2. The first-order valence-electron chi connectivity index (χ1n) is 29.8. The van der Waals surface area contributed by atoms with Crippen LogP contribution in [0.2, 0.25) is 0 Å². The second-order valence-corrected chi connectivity index (χ2v) is 22.7. The molecule has 4 aromatic rings. The third kappa shape index (κ3) is 17.2. The summed E-state index contributed by atoms with van der Waals surface area (Å²) in [6.45, 7) is 7.43. The zero-order chi connectivity index (χ0) is 63.9. The van der Waals surface area contributed by atoms with E-state index in [-0.39, 0.29) is 36.6 Å². The van der Waals surface area contributed by atoms with Gasteiger partial charge < -0.3 is 91.4 Å². The van der Waals surface area contributed by atoms with Crippen molar-refractivity contribution in [1.82, 2.24) is 36.4 Å². The van der Waals surface area contributed by atoms with Gasteiger partial charge in [-0.15, -0.1) is 0 Å². The Balaban J connectivity index is 1.22. The lowest BCUT2D eigenvalue weighted by Gasteiger charge is -2.34. The number of nitrogens with one attached hydrogen (secondary N) is 5. The Morgan fingerprint density at radius 3 is 1.75 bits per heavy atom. The van der Waals surface area contributed by atoms with Crippen molar-refractivity contribution in [2.45, 2.75) is 158 Å². The largest absolute Gasteiger partial charge is 0.508 e. The Morgan fingerprint density at radius 1 is 0.614 bits per heavy atom. The molecule has 25 heteroatoms. The van der Waals surface area contributed by atoms with Gasteiger partial charge in [0.15, 0.2) is 6.23 Å². The van der Waals surface area contributed by atoms with Crippen LogP contribution < -0.4 is 31.3 Å². The average molecular weight is 1230 g/mol. The van der Waals surface area contributed by atoms with Gasteiger partial charge in [-0.1, -0.05) is 94.3 Å². The number of hydrogen-bond donors (Lipinski definition) is 13. The quantitative estimate of drug-likeness (QED) is 0.0537. The molecular formula is C63H83N7O18. The van der Waals surface area contributed by atoms with E-state index >= 15 is 0 Å². The molecule has 3 fully saturated rings. The second-order valence-electron chi connectivity index (χ2n) is 22.7. The standard InChI is InChI=1S/C63H83N7O18/c1-6-8-9-27-87-45-24-20-40(21-25-45)38-12-10-37(11-13-38)39-14-16-42(17-15-39)56(79)64-46-31-48(75)61(88-29-28-86-26-7-2)68-60(83)52-53(76)34(3)32-70(52)63(85)50(36(5)72)66-59(82)51(55(78)54(77)41-18-22-43(73)23-19-41)67-58(81)47-30-44(74)33-69(47)62(84)49(35(4)71)65-57(46)80/h10-25,34-36,44,46-55,61,71-78H,6-9,26-33H2,1-5H3,(H,64,79)(H,65,80)(H,66,82)(H,67,81)(H,68,83)/t34-,35+,36+,44+,46-,47?,48+,49?,50?,51?,52?,53-,54-,55-,61?/m0/s1. The topological polar surface area (TPSA) is 376 Å². The predicted molar refractivity (Wildman–Crippen MR) is 318 cm³/mol. The number of phenols is 1. The lowest BCUT2D eigenvalue weighted by Crippen LogP contribution is -2.64. The lowest BCUT2D eigenvalue weighted by molar-refractivity contribution is -0.150. The smallest absolute Gasteiger partial charge is 0.251 e. The molecule has 6 unspecified atom stereocenters. The van der Waals surface area contributed by atoms with E-state index in [9.17, 15) is 74.4 Å². The first-order valence-corrected chi connectivity index (χ1v) is 29.8. The molecule has 7 rings (SSSR count). The molecule has 15 atom stereocenters. The number of amides is 7. The fraction of sp³-hybridized carbons (Fsp3) is 0.508. The van der Waals surface area contributed by atoms with Crippen LogP contribution in [0, 0.1) is 5.92 Å². The van der Waals surface area contributed by atoms with E-state index in [2.05, 4.69) is 33.5 Å². The van der Waals surface area contributed by atoms with Crippen LogP contribution in [0.25, 0.3) is 22.3 Å². The van der Waals surface area contributed by atoms with Gasteiger partial charge in [0.1, 0.15) is 66.1 Å². The molecule has 0 aromatic heterocycles. The Kier molecular flexibility index (Phi) is 24.3. The number of benzene rings is 4. The number of hydrogen-bond acceptors (Lipinski definition) is 18. The van der Waals surface area contributed by atoms with Crippen LogP contribution in [0.5, 0.6) is 11.5 Å². The highest BCUT2D eigenvalue weighted by molar-refractivity contribution is 6.00. The van der Waals surface area contributed by atoms with E-state index in [0.717, 1.165) is 70.9 Å². The highest BCUT2D eigenvalue weighted by atomic mass is 16.5. The predicted octanol–water partition coefficient (Wildman–Crippen LogP) is 0.524. The molecule has 0 bridgehead atoms. The van der Waals surface area contributed by atoms with Gasteiger partial charge in [-0.25, -0.2) is 0 Å². The zero-order valence-electron chi connectivity index (χ0n) is 49.9. The van der Waals surface area contributed by atoms with Gasteiger partial charge in [-0.05, 0) is 90.9 Å². The molecule has 0 saturated carbocycles. The maximum absolute atomic E-state index is 14.8. The van der Waals surface area contributed by atoms with Gasteiger partial charge in [-0.3, -0.25) is 33.6 Å². The number of aliphatic hydroxyl groups is 7. The fourth-order valence-corrected chi connectivity index (χ4v) is 10.8. The van der Waals surface area contributed by atoms with E-state index in [1.807, 2.05) is 55.5 Å². The van der Waals surface area contributed by atoms with E-state index in [4.69, 9.17) is 14.2 Å². The molecule has 88 heavy (non-hydrogen) atoms. The maximum atomic E-state index is 14.8. The summed E-state index contributed by atoms with van der Waals surface area (Å²) in [7, 11) is 0. The van der Waals surface area contributed by atoms with Gasteiger partial charge in [0.05, 0.1) is 44.2 Å². The SMILES string of the molecule is CCCCCOc1ccc(-c2ccc(-c3ccc(C(=O)N[C@H]4C[C@@H](O)C(OCCOCCC)NC(=O)C5[C@@H](O)[C@@H](C)CN5C(=O)C([C@@H](C)O)NC(=O)C([C@H](O)[C@@H](O)c5ccc(O)cc5)NC(=O)C5C[C@@H](O)CN5C(=O)C([C@@H](C)O)NC4=O)cc3)cc2)cc1. The third-order valence-electron chi connectivity index (χ3n) is 15.9. The first-order chi connectivity index (χ1) is 42.0. The van der Waals surface area contributed by atoms with Gasteiger partial charge in [0.25, 0.3) is 5.91 Å². The van der Waals surface area contributed by atoms with Crippen LogP contribution in [0.15, 0.2) is 97.1 Å². The van der Waals surface area contributed by atoms with Crippen molar-refractivity contribution in [1.29, 1.82) is 0 Å². The summed E-state index contributed by atoms with van der Waals surface area (Å²) >= 11 is 0. The van der Waals surface area contributed by atoms with Gasteiger partial charge in [0, 0.05) is 44.0 Å². The Labute approximate surface area is 510 Å². The minimum absolute atomic E-state index is 0.0378. The van der Waals surface area contributed by atoms with Crippen molar-refractivity contribution >= 4 is 41.4 Å². The number of carbonyl (C=O) groups excluding carboxylic acids is 7. The Morgan fingerprint density at radius 2 is 1.17 bits per heavy atom. The monoisotopic (exact) mass is 1230 g/mol. The summed E-state index contributed by atoms with van der Waals surface area (Å²) in [6, 6.07) is 15.1. The van der Waals surface area contributed by atoms with E-state index in [1.54, 1.807) is 12.1 Å². The molecular weight excluding hydrogens is 1140 g/mol. The molecule has 0 spiro atoms. The highest BCUT2D eigenvalue weighted by Crippen LogP contribution is 2.30. The molecule has 3 saturated heterocycles. The molecule has 3 aliphatic rings. The van der Waals surface area contributed by atoms with Crippen molar-refractivity contribution in [3.63, 3.8) is 0 Å². The van der Waals surface area contributed by atoms with Crippen LogP contribution in [0.3, 0.4) is 0 Å². The second kappa shape index (κ2) is 31.5. The summed E-state index contributed by atoms with van der Waals surface area (Å²) in [4.78, 5) is 104. The molecule has 4 aromatic carbocycles. The number of aliphatic hydroxyl groups excluding tert-OH is 7. The maximum Gasteiger partial charge on any atom is 0.251 e. The minimum atomic E-state index is -2.29. The number of nitrogens with zero attached hydrogens (tertiary/aromatic N) is 2. The van der Waals surface area contributed by atoms with Gasteiger partial charge >= 0.3 is 0 Å². The fourth-order valence-electron chi connectivity index (χ4n) is 10.8. The first kappa shape index (κ1) is 67.9. The molecule has 7 amide bonds. The normalized spacial score (nSPS) is 26.5. The molecule has 13 N–H and O–H groups in total. The minimum Gasteiger partial charge on any atom is -0.508 e. The summed E-state index contributed by atoms with van der Waals surface area (Å²) in [5, 5.41) is 102. The number of rotatable bonds is 20. The van der Waals surface area contributed by atoms with Crippen LogP contribution in [-0.2, 0) is 38.2 Å². The summed E-state index contributed by atoms with van der Waals surface area (Å²) < 4.78 is 17.4. The summed E-state index contributed by atoms with van der Waals surface area (Å²) in [5.74, 6) is -8.34. The molecule has 0 radical (unpaired) electrons. The van der Waals surface area contributed by atoms with Crippen LogP contribution >= 0.6 is 0 Å². The van der Waals surface area contributed by atoms with Crippen LogP contribution in [0.4, 0.5) is 0 Å². The molecule has 3 heterocycles. The molecule has 25 nitrogen and oxygen atoms in total. The highest BCUT2D eigenvalue weighted by Gasteiger charge is 2.50. The lowest BCUT2D eigenvalue weighted by atomic mass is 9.96. The number of aromatic hydroxyl groups is 1. The number of fused-ring (bicyclic) bond motifs is 2. The zero-order valence-corrected chi connectivity index (χ0v) is 49.9. The van der Waals surface area contributed by atoms with Gasteiger partial charge in [-0.2, -0.15) is 0 Å². The summed E-state index contributed by atoms with van der Waals surface area (Å²) in [6.07, 6.45) is -12.1. The molecule has 478 valence electrons. The Hall–Kier alpha value is -7.59. The number of carbonyl (C=O) groups is 7. The van der Waals surface area contributed by atoms with Crippen molar-refractivity contribution in [3.05, 3.63) is 108 Å². The van der Waals surface area contributed by atoms with Crippen LogP contribution in [-0.4, -0.2) is 211 Å². The van der Waals surface area contributed by atoms with Crippen molar-refractivity contribution in [2.24, 2.45) is 5.92 Å². The number of ether oxygens (including phenoxy) is 3. The van der Waals surface area contributed by atoms with E-state index in [1.165, 1.54) is 43.3 Å². The van der Waals surface area contributed by atoms with Crippen molar-refractivity contribution in [2.75, 3.05) is 39.5 Å². The van der Waals surface area contributed by atoms with Gasteiger partial charge in [0.2, 0.25) is 35.4 Å².